The molecule has 7 aromatic carbocycles. The zero-order chi connectivity index (χ0) is 39.8. The minimum absolute atomic E-state index is 0.607. The number of rotatable bonds is 5. The van der Waals surface area contributed by atoms with Crippen LogP contribution in [0.3, 0.4) is 0 Å². The minimum Gasteiger partial charge on any atom is -0.307 e. The van der Waals surface area contributed by atoms with Gasteiger partial charge in [0.15, 0.2) is 0 Å². The van der Waals surface area contributed by atoms with Crippen molar-refractivity contribution in [3.8, 4) is 50.8 Å². The normalized spacial score (nSPS) is 11.6. The first kappa shape index (κ1) is 35.2. The van der Waals surface area contributed by atoms with Gasteiger partial charge in [0.25, 0.3) is 0 Å². The van der Waals surface area contributed by atoms with Gasteiger partial charge in [0, 0.05) is 27.1 Å². The first-order valence-electron chi connectivity index (χ1n) is 19.9. The minimum atomic E-state index is 0.607. The largest absolute Gasteiger partial charge is 0.307 e. The third-order valence-corrected chi connectivity index (χ3v) is 11.9. The fourth-order valence-corrected chi connectivity index (χ4v) is 9.86. The second kappa shape index (κ2) is 13.5. The average Bonchev–Trinajstić information content (AvgIpc) is 3.72. The van der Waals surface area contributed by atoms with Crippen molar-refractivity contribution >= 4 is 43.6 Å². The lowest BCUT2D eigenvalue weighted by molar-refractivity contribution is 1.09. The molecule has 0 spiro atoms. The molecule has 10 aromatic rings. The summed E-state index contributed by atoms with van der Waals surface area (Å²) in [7, 11) is 0. The summed E-state index contributed by atoms with van der Waals surface area (Å²) in [6.45, 7) is 13.2. The number of hydrogen-bond donors (Lipinski definition) is 0. The van der Waals surface area contributed by atoms with Crippen LogP contribution in [0.2, 0.25) is 0 Å². The van der Waals surface area contributed by atoms with E-state index in [1.54, 1.807) is 0 Å². The van der Waals surface area contributed by atoms with Crippen LogP contribution in [-0.4, -0.2) is 14.1 Å². The van der Waals surface area contributed by atoms with Crippen molar-refractivity contribution < 1.29 is 0 Å². The van der Waals surface area contributed by atoms with Crippen LogP contribution in [-0.2, 0) is 0 Å². The van der Waals surface area contributed by atoms with E-state index in [-0.39, 0.29) is 0 Å². The van der Waals surface area contributed by atoms with Crippen LogP contribution in [0, 0.1) is 52.9 Å². The molecule has 0 aliphatic heterocycles. The van der Waals surface area contributed by atoms with Crippen LogP contribution < -0.4 is 0 Å². The molecule has 0 bridgehead atoms. The van der Waals surface area contributed by atoms with Gasteiger partial charge in [0.1, 0.15) is 0 Å². The average molecular weight is 747 g/mol. The van der Waals surface area contributed by atoms with E-state index in [2.05, 4.69) is 172 Å². The molecular formula is C54H42N4. The molecule has 0 aliphatic carbocycles. The van der Waals surface area contributed by atoms with Crippen molar-refractivity contribution in [3.05, 3.63) is 185 Å². The zero-order valence-corrected chi connectivity index (χ0v) is 33.6. The van der Waals surface area contributed by atoms with Crippen LogP contribution in [0.1, 0.15) is 38.9 Å². The Balaban J connectivity index is 1.33. The monoisotopic (exact) mass is 746 g/mol. The molecule has 0 saturated heterocycles. The van der Waals surface area contributed by atoms with Crippen molar-refractivity contribution in [1.29, 1.82) is 5.26 Å². The maximum atomic E-state index is 10.2. The molecule has 278 valence electrons. The molecule has 0 N–H and O–H groups in total. The van der Waals surface area contributed by atoms with E-state index in [1.165, 1.54) is 77.2 Å². The molecule has 0 amide bonds. The number of hydrogen-bond acceptors (Lipinski definition) is 2. The quantitative estimate of drug-likeness (QED) is 0.176. The Morgan fingerprint density at radius 3 is 1.31 bits per heavy atom. The van der Waals surface area contributed by atoms with Crippen LogP contribution in [0.15, 0.2) is 146 Å². The molecule has 0 aliphatic rings. The Labute approximate surface area is 338 Å². The third-order valence-electron chi connectivity index (χ3n) is 11.9. The SMILES string of the molecule is Cc1cc(C)c(-c2ccc3c4ccccc4n(-c4cncc(-n5c6ccccc6c6ccc(-c7c(C)cc(C)cc7C)cc65)c4-c4cccc(C#N)c4)c3c2)c(C)c1. The number of nitrogens with zero attached hydrogens (tertiary/aromatic N) is 4. The summed E-state index contributed by atoms with van der Waals surface area (Å²) in [4.78, 5) is 5.08. The second-order valence-corrected chi connectivity index (χ2v) is 16.0. The van der Waals surface area contributed by atoms with Crippen molar-refractivity contribution in [1.82, 2.24) is 14.1 Å². The number of pyridine rings is 1. The maximum absolute atomic E-state index is 10.2. The summed E-state index contributed by atoms with van der Waals surface area (Å²) in [5.74, 6) is 0. The van der Waals surface area contributed by atoms with E-state index >= 15 is 0 Å². The maximum Gasteiger partial charge on any atom is 0.0991 e. The van der Waals surface area contributed by atoms with Gasteiger partial charge in [0.2, 0.25) is 0 Å². The van der Waals surface area contributed by atoms with Crippen molar-refractivity contribution in [2.24, 2.45) is 0 Å². The van der Waals surface area contributed by atoms with Crippen LogP contribution in [0.25, 0.3) is 88.4 Å². The molecule has 0 radical (unpaired) electrons. The molecular weight excluding hydrogens is 705 g/mol. The van der Waals surface area contributed by atoms with Crippen molar-refractivity contribution in [2.45, 2.75) is 41.5 Å². The van der Waals surface area contributed by atoms with Gasteiger partial charge in [-0.05, 0) is 128 Å². The highest BCUT2D eigenvalue weighted by molar-refractivity contribution is 6.13. The Morgan fingerprint density at radius 1 is 0.414 bits per heavy atom. The van der Waals surface area contributed by atoms with Crippen LogP contribution in [0.5, 0.6) is 0 Å². The smallest absolute Gasteiger partial charge is 0.0991 e. The summed E-state index contributed by atoms with van der Waals surface area (Å²) in [5.41, 5.74) is 21.3. The molecule has 0 unspecified atom stereocenters. The molecule has 3 heterocycles. The second-order valence-electron chi connectivity index (χ2n) is 16.0. The molecule has 0 fully saturated rings. The molecule has 10 rings (SSSR count). The summed E-state index contributed by atoms with van der Waals surface area (Å²) < 4.78 is 4.77. The van der Waals surface area contributed by atoms with E-state index in [0.29, 0.717) is 5.56 Å². The molecule has 0 atom stereocenters. The summed E-state index contributed by atoms with van der Waals surface area (Å²) in [6.07, 6.45) is 3.99. The number of benzene rings is 7. The summed E-state index contributed by atoms with van der Waals surface area (Å²) in [5, 5.41) is 14.9. The molecule has 0 saturated carbocycles. The first-order chi connectivity index (χ1) is 28.2. The fraction of sp³-hybridized carbons (Fsp3) is 0.111. The lowest BCUT2D eigenvalue weighted by Crippen LogP contribution is -2.05. The fourth-order valence-electron chi connectivity index (χ4n) is 9.86. The lowest BCUT2D eigenvalue weighted by Gasteiger charge is -2.20. The van der Waals surface area contributed by atoms with E-state index < -0.39 is 0 Å². The predicted octanol–water partition coefficient (Wildman–Crippen LogP) is 14.0. The lowest BCUT2D eigenvalue weighted by atomic mass is 9.93. The number of aryl methyl sites for hydroxylation is 6. The number of nitriles is 1. The Morgan fingerprint density at radius 2 is 0.845 bits per heavy atom. The van der Waals surface area contributed by atoms with Crippen LogP contribution in [0.4, 0.5) is 0 Å². The van der Waals surface area contributed by atoms with E-state index in [0.717, 1.165) is 44.6 Å². The van der Waals surface area contributed by atoms with E-state index in [9.17, 15) is 5.26 Å². The van der Waals surface area contributed by atoms with E-state index in [1.807, 2.05) is 30.6 Å². The Bertz CT molecular complexity index is 3130. The highest BCUT2D eigenvalue weighted by atomic mass is 15.0. The molecule has 58 heavy (non-hydrogen) atoms. The third kappa shape index (κ3) is 5.46. The van der Waals surface area contributed by atoms with Gasteiger partial charge in [-0.1, -0.05) is 108 Å². The highest BCUT2D eigenvalue weighted by Crippen LogP contribution is 2.44. The topological polar surface area (TPSA) is 46.5 Å². The van der Waals surface area contributed by atoms with Gasteiger partial charge in [-0.15, -0.1) is 0 Å². The Hall–Kier alpha value is -7.22. The van der Waals surface area contributed by atoms with Crippen LogP contribution >= 0.6 is 0 Å². The van der Waals surface area contributed by atoms with E-state index in [4.69, 9.17) is 4.98 Å². The number of fused-ring (bicyclic) bond motifs is 6. The van der Waals surface area contributed by atoms with Gasteiger partial charge in [0.05, 0.1) is 57.5 Å². The van der Waals surface area contributed by atoms with Gasteiger partial charge in [-0.2, -0.15) is 5.26 Å². The first-order valence-corrected chi connectivity index (χ1v) is 19.9. The van der Waals surface area contributed by atoms with Gasteiger partial charge in [-0.25, -0.2) is 0 Å². The van der Waals surface area contributed by atoms with Gasteiger partial charge in [-0.3, -0.25) is 4.98 Å². The molecule has 3 aromatic heterocycles. The van der Waals surface area contributed by atoms with Crippen molar-refractivity contribution in [2.75, 3.05) is 0 Å². The summed E-state index contributed by atoms with van der Waals surface area (Å²) in [6, 6.07) is 50.6. The number of para-hydroxylation sites is 2. The predicted molar refractivity (Wildman–Crippen MR) is 242 cm³/mol. The highest BCUT2D eigenvalue weighted by Gasteiger charge is 2.24. The number of aromatic nitrogens is 3. The summed E-state index contributed by atoms with van der Waals surface area (Å²) >= 11 is 0. The van der Waals surface area contributed by atoms with Crippen molar-refractivity contribution in [3.63, 3.8) is 0 Å². The molecule has 4 heteroatoms. The standard InChI is InChI=1S/C54H42N4/c1-32-22-34(3)52(35(4)23-32)40-18-20-44-42-14-7-9-16-46(42)57(48(44)27-40)50-30-56-31-51(54(50)39-13-11-12-38(26-39)29-55)58-47-17-10-8-15-43(47)45-21-19-41(28-49(45)58)53-36(5)24-33(2)25-37(53)6/h7-28,30-31H,1-6H3. The van der Waals surface area contributed by atoms with Gasteiger partial charge < -0.3 is 9.13 Å². The molecule has 4 nitrogen and oxygen atoms in total. The Kier molecular flexibility index (Phi) is 8.18. The zero-order valence-electron chi connectivity index (χ0n) is 33.6. The van der Waals surface area contributed by atoms with Gasteiger partial charge >= 0.3 is 0 Å².